The summed E-state index contributed by atoms with van der Waals surface area (Å²) < 4.78 is 0. The van der Waals surface area contributed by atoms with Gasteiger partial charge in [-0.05, 0) is 51.4 Å². The number of hydrogen-bond acceptors (Lipinski definition) is 4. The lowest BCUT2D eigenvalue weighted by molar-refractivity contribution is 0.0669. The quantitative estimate of drug-likeness (QED) is 0.921. The van der Waals surface area contributed by atoms with Gasteiger partial charge in [0.25, 0.3) is 11.8 Å². The van der Waals surface area contributed by atoms with Crippen molar-refractivity contribution in [1.82, 2.24) is 9.80 Å². The molecule has 1 aromatic heterocycles. The van der Waals surface area contributed by atoms with Crippen molar-refractivity contribution in [3.05, 3.63) is 21.9 Å². The second-order valence-corrected chi connectivity index (χ2v) is 7.01. The second kappa shape index (κ2) is 5.77. The van der Waals surface area contributed by atoms with Gasteiger partial charge in [0.05, 0.1) is 9.75 Å². The molecule has 0 aliphatic carbocycles. The number of carbonyl (C=O) groups is 2. The lowest BCUT2D eigenvalue weighted by Gasteiger charge is -2.33. The Morgan fingerprint density at radius 1 is 1.14 bits per heavy atom. The van der Waals surface area contributed by atoms with E-state index in [9.17, 15) is 9.59 Å². The predicted octanol–water partition coefficient (Wildman–Crippen LogP) is 1.55. The normalized spacial score (nSPS) is 26.4. The average Bonchev–Trinajstić information content (AvgIpc) is 3.17. The molecule has 114 valence electrons. The van der Waals surface area contributed by atoms with Crippen LogP contribution in [0.25, 0.3) is 0 Å². The molecule has 0 aromatic carbocycles. The summed E-state index contributed by atoms with van der Waals surface area (Å²) in [5, 5.41) is 0. The van der Waals surface area contributed by atoms with Crippen LogP contribution < -0.4 is 5.73 Å². The van der Waals surface area contributed by atoms with Gasteiger partial charge in [-0.2, -0.15) is 0 Å². The highest BCUT2D eigenvalue weighted by Crippen LogP contribution is 2.31. The highest BCUT2D eigenvalue weighted by atomic mass is 32.1. The maximum atomic E-state index is 12.7. The number of rotatable bonds is 3. The fraction of sp³-hybridized carbons (Fsp3) is 0.600. The topological polar surface area (TPSA) is 66.6 Å². The number of nitrogens with two attached hydrogens (primary N) is 1. The Balaban J connectivity index is 1.77. The number of thiophene rings is 1. The molecule has 2 aliphatic heterocycles. The summed E-state index contributed by atoms with van der Waals surface area (Å²) in [6.45, 7) is 1.94. The van der Waals surface area contributed by atoms with Crippen LogP contribution in [-0.2, 0) is 0 Å². The SMILES string of the molecule is CN1CCC[C@@H]1[C@H]1CCCN1C(=O)c1ccc(C(N)=O)s1. The third-order valence-electron chi connectivity index (χ3n) is 4.64. The van der Waals surface area contributed by atoms with Crippen LogP contribution in [0.1, 0.15) is 45.0 Å². The summed E-state index contributed by atoms with van der Waals surface area (Å²) in [5.41, 5.74) is 5.27. The minimum Gasteiger partial charge on any atom is -0.365 e. The molecule has 2 aliphatic rings. The number of hydrogen-bond donors (Lipinski definition) is 1. The number of likely N-dealkylation sites (N-methyl/N-ethyl adjacent to an activating group) is 1. The van der Waals surface area contributed by atoms with Gasteiger partial charge in [-0.3, -0.25) is 9.59 Å². The van der Waals surface area contributed by atoms with Crippen molar-refractivity contribution in [2.24, 2.45) is 5.73 Å². The van der Waals surface area contributed by atoms with Crippen LogP contribution in [0.2, 0.25) is 0 Å². The molecule has 0 saturated carbocycles. The van der Waals surface area contributed by atoms with Gasteiger partial charge in [0.15, 0.2) is 0 Å². The van der Waals surface area contributed by atoms with E-state index in [0.29, 0.717) is 21.8 Å². The maximum Gasteiger partial charge on any atom is 0.264 e. The number of nitrogens with zero attached hydrogens (tertiary/aromatic N) is 2. The van der Waals surface area contributed by atoms with Crippen LogP contribution in [0.4, 0.5) is 0 Å². The standard InChI is InChI=1S/C15H21N3O2S/c1-17-8-2-4-10(17)11-5-3-9-18(11)15(20)13-7-6-12(21-13)14(16)19/h6-7,10-11H,2-5,8-9H2,1H3,(H2,16,19)/t10-,11-/m1/s1. The summed E-state index contributed by atoms with van der Waals surface area (Å²) >= 11 is 1.20. The minimum absolute atomic E-state index is 0.0512. The van der Waals surface area contributed by atoms with E-state index in [-0.39, 0.29) is 5.91 Å². The Bertz CT molecular complexity index is 557. The van der Waals surface area contributed by atoms with Gasteiger partial charge in [-0.1, -0.05) is 0 Å². The molecule has 3 rings (SSSR count). The summed E-state index contributed by atoms with van der Waals surface area (Å²) in [6.07, 6.45) is 4.52. The Hall–Kier alpha value is -1.40. The lowest BCUT2D eigenvalue weighted by Crippen LogP contribution is -2.46. The monoisotopic (exact) mass is 307 g/mol. The van der Waals surface area contributed by atoms with Gasteiger partial charge >= 0.3 is 0 Å². The molecule has 0 bridgehead atoms. The summed E-state index contributed by atoms with van der Waals surface area (Å²) in [4.78, 5) is 29.3. The summed E-state index contributed by atoms with van der Waals surface area (Å²) in [7, 11) is 2.15. The van der Waals surface area contributed by atoms with Gasteiger partial charge in [-0.25, -0.2) is 0 Å². The number of carbonyl (C=O) groups excluding carboxylic acids is 2. The first-order valence-corrected chi connectivity index (χ1v) is 8.30. The molecule has 2 fully saturated rings. The first-order chi connectivity index (χ1) is 10.1. The third-order valence-corrected chi connectivity index (χ3v) is 5.73. The van der Waals surface area contributed by atoms with E-state index in [0.717, 1.165) is 25.9 Å². The van der Waals surface area contributed by atoms with E-state index < -0.39 is 5.91 Å². The van der Waals surface area contributed by atoms with Crippen LogP contribution in [0, 0.1) is 0 Å². The number of likely N-dealkylation sites (tertiary alicyclic amines) is 2. The zero-order valence-corrected chi connectivity index (χ0v) is 13.1. The summed E-state index contributed by atoms with van der Waals surface area (Å²) in [5.74, 6) is -0.414. The van der Waals surface area contributed by atoms with Crippen molar-refractivity contribution in [3.63, 3.8) is 0 Å². The molecule has 0 radical (unpaired) electrons. The Labute approximate surface area is 128 Å². The summed E-state index contributed by atoms with van der Waals surface area (Å²) in [6, 6.07) is 4.16. The molecule has 2 saturated heterocycles. The zero-order chi connectivity index (χ0) is 15.0. The molecule has 1 aromatic rings. The maximum absolute atomic E-state index is 12.7. The predicted molar refractivity (Wildman–Crippen MR) is 82.5 cm³/mol. The molecule has 6 heteroatoms. The lowest BCUT2D eigenvalue weighted by atomic mass is 10.0. The van der Waals surface area contributed by atoms with Crippen molar-refractivity contribution in [1.29, 1.82) is 0 Å². The fourth-order valence-corrected chi connectivity index (χ4v) is 4.41. The third kappa shape index (κ3) is 2.70. The van der Waals surface area contributed by atoms with Crippen molar-refractivity contribution in [2.45, 2.75) is 37.8 Å². The molecule has 2 amide bonds. The van der Waals surface area contributed by atoms with Crippen LogP contribution in [0.3, 0.4) is 0 Å². The van der Waals surface area contributed by atoms with Gasteiger partial charge in [0.1, 0.15) is 0 Å². The zero-order valence-electron chi connectivity index (χ0n) is 12.2. The Morgan fingerprint density at radius 3 is 2.43 bits per heavy atom. The van der Waals surface area contributed by atoms with Crippen molar-refractivity contribution >= 4 is 23.2 Å². The van der Waals surface area contributed by atoms with Crippen LogP contribution >= 0.6 is 11.3 Å². The van der Waals surface area contributed by atoms with E-state index in [4.69, 9.17) is 5.73 Å². The van der Waals surface area contributed by atoms with E-state index in [1.165, 1.54) is 24.2 Å². The molecule has 21 heavy (non-hydrogen) atoms. The molecule has 5 nitrogen and oxygen atoms in total. The van der Waals surface area contributed by atoms with Crippen molar-refractivity contribution in [2.75, 3.05) is 20.1 Å². The molecule has 0 unspecified atom stereocenters. The van der Waals surface area contributed by atoms with Crippen molar-refractivity contribution < 1.29 is 9.59 Å². The smallest absolute Gasteiger partial charge is 0.264 e. The van der Waals surface area contributed by atoms with Gasteiger partial charge in [-0.15, -0.1) is 11.3 Å². The molecular formula is C15H21N3O2S. The van der Waals surface area contributed by atoms with E-state index >= 15 is 0 Å². The van der Waals surface area contributed by atoms with Crippen LogP contribution in [0.5, 0.6) is 0 Å². The van der Waals surface area contributed by atoms with Gasteiger partial charge < -0.3 is 15.5 Å². The molecule has 3 heterocycles. The van der Waals surface area contributed by atoms with E-state index in [2.05, 4.69) is 11.9 Å². The van der Waals surface area contributed by atoms with Crippen LogP contribution in [-0.4, -0.2) is 53.8 Å². The Morgan fingerprint density at radius 2 is 1.81 bits per heavy atom. The molecular weight excluding hydrogens is 286 g/mol. The highest BCUT2D eigenvalue weighted by Gasteiger charge is 2.38. The Kier molecular flexibility index (Phi) is 3.99. The van der Waals surface area contributed by atoms with E-state index in [1.807, 2.05) is 4.90 Å². The van der Waals surface area contributed by atoms with Gasteiger partial charge in [0.2, 0.25) is 0 Å². The molecule has 0 spiro atoms. The minimum atomic E-state index is -0.465. The highest BCUT2D eigenvalue weighted by molar-refractivity contribution is 7.15. The van der Waals surface area contributed by atoms with Gasteiger partial charge in [0, 0.05) is 18.6 Å². The fourth-order valence-electron chi connectivity index (χ4n) is 3.59. The molecule has 2 atom stereocenters. The van der Waals surface area contributed by atoms with Crippen LogP contribution in [0.15, 0.2) is 12.1 Å². The number of amides is 2. The molecule has 2 N–H and O–H groups in total. The first kappa shape index (κ1) is 14.5. The largest absolute Gasteiger partial charge is 0.365 e. The number of primary amides is 1. The van der Waals surface area contributed by atoms with Crippen molar-refractivity contribution in [3.8, 4) is 0 Å². The first-order valence-electron chi connectivity index (χ1n) is 7.49. The average molecular weight is 307 g/mol. The van der Waals surface area contributed by atoms with E-state index in [1.54, 1.807) is 12.1 Å². The second-order valence-electron chi connectivity index (χ2n) is 5.93.